The van der Waals surface area contributed by atoms with Gasteiger partial charge in [0.25, 0.3) is 0 Å². The van der Waals surface area contributed by atoms with Gasteiger partial charge in [0, 0.05) is 0 Å². The average molecular weight is 210 g/mol. The SMILES string of the molecule is CC1CCC(C2CCC2C(=O)O)CC1C. The van der Waals surface area contributed by atoms with Crippen molar-refractivity contribution in [3.8, 4) is 0 Å². The number of hydrogen-bond donors (Lipinski definition) is 1. The van der Waals surface area contributed by atoms with Crippen LogP contribution in [0.2, 0.25) is 0 Å². The van der Waals surface area contributed by atoms with Crippen molar-refractivity contribution >= 4 is 5.97 Å². The molecule has 0 amide bonds. The van der Waals surface area contributed by atoms with Crippen molar-refractivity contribution in [2.24, 2.45) is 29.6 Å². The number of rotatable bonds is 2. The van der Waals surface area contributed by atoms with E-state index in [0.717, 1.165) is 24.7 Å². The molecule has 2 fully saturated rings. The van der Waals surface area contributed by atoms with Crippen molar-refractivity contribution in [3.63, 3.8) is 0 Å². The lowest BCUT2D eigenvalue weighted by Gasteiger charge is -2.44. The average Bonchev–Trinajstić information content (AvgIpc) is 2.08. The molecule has 5 unspecified atom stereocenters. The molecule has 0 aliphatic heterocycles. The molecule has 5 atom stereocenters. The molecule has 2 rings (SSSR count). The highest BCUT2D eigenvalue weighted by molar-refractivity contribution is 5.71. The van der Waals surface area contributed by atoms with Crippen LogP contribution in [0.1, 0.15) is 46.0 Å². The van der Waals surface area contributed by atoms with Gasteiger partial charge in [-0.05, 0) is 49.4 Å². The van der Waals surface area contributed by atoms with Crippen LogP contribution in [-0.2, 0) is 4.79 Å². The lowest BCUT2D eigenvalue weighted by atomic mass is 9.61. The normalized spacial score (nSPS) is 45.9. The molecule has 2 heteroatoms. The predicted octanol–water partition coefficient (Wildman–Crippen LogP) is 3.17. The fraction of sp³-hybridized carbons (Fsp3) is 0.923. The Labute approximate surface area is 92.1 Å². The number of aliphatic carboxylic acids is 1. The van der Waals surface area contributed by atoms with Crippen molar-refractivity contribution in [2.45, 2.75) is 46.0 Å². The highest BCUT2D eigenvalue weighted by Gasteiger charge is 2.42. The van der Waals surface area contributed by atoms with E-state index in [0.29, 0.717) is 11.8 Å². The summed E-state index contributed by atoms with van der Waals surface area (Å²) in [5, 5.41) is 9.05. The summed E-state index contributed by atoms with van der Waals surface area (Å²) in [5.41, 5.74) is 0. The van der Waals surface area contributed by atoms with E-state index < -0.39 is 5.97 Å². The second-order valence-corrected chi connectivity index (χ2v) is 5.71. The molecule has 2 aliphatic rings. The van der Waals surface area contributed by atoms with Crippen molar-refractivity contribution in [1.82, 2.24) is 0 Å². The number of carbonyl (C=O) groups is 1. The van der Waals surface area contributed by atoms with E-state index in [9.17, 15) is 4.79 Å². The molecule has 0 radical (unpaired) electrons. The molecule has 0 aromatic heterocycles. The molecule has 15 heavy (non-hydrogen) atoms. The standard InChI is InChI=1S/C13H22O2/c1-8-3-4-10(7-9(8)2)11-5-6-12(11)13(14)15/h8-12H,3-7H2,1-2H3,(H,14,15). The third-order valence-corrected chi connectivity index (χ3v) is 4.89. The van der Waals surface area contributed by atoms with E-state index in [1.54, 1.807) is 0 Å². The lowest BCUT2D eigenvalue weighted by molar-refractivity contribution is -0.150. The molecule has 2 saturated carbocycles. The summed E-state index contributed by atoms with van der Waals surface area (Å²) >= 11 is 0. The molecular formula is C13H22O2. The van der Waals surface area contributed by atoms with Gasteiger partial charge in [-0.25, -0.2) is 0 Å². The first-order valence-electron chi connectivity index (χ1n) is 6.32. The van der Waals surface area contributed by atoms with Gasteiger partial charge in [-0.15, -0.1) is 0 Å². The first-order chi connectivity index (χ1) is 7.09. The fourth-order valence-corrected chi connectivity index (χ4v) is 3.37. The van der Waals surface area contributed by atoms with E-state index in [4.69, 9.17) is 5.11 Å². The summed E-state index contributed by atoms with van der Waals surface area (Å²) in [5.74, 6) is 2.25. The van der Waals surface area contributed by atoms with Crippen LogP contribution in [0.15, 0.2) is 0 Å². The van der Waals surface area contributed by atoms with Crippen LogP contribution >= 0.6 is 0 Å². The van der Waals surface area contributed by atoms with Crippen molar-refractivity contribution < 1.29 is 9.90 Å². The maximum absolute atomic E-state index is 11.0. The summed E-state index contributed by atoms with van der Waals surface area (Å²) < 4.78 is 0. The van der Waals surface area contributed by atoms with Crippen LogP contribution in [0.5, 0.6) is 0 Å². The minimum absolute atomic E-state index is 0.0180. The van der Waals surface area contributed by atoms with Gasteiger partial charge in [0.15, 0.2) is 0 Å². The molecule has 2 aliphatic carbocycles. The summed E-state index contributed by atoms with van der Waals surface area (Å²) in [6.45, 7) is 4.65. The molecule has 0 bridgehead atoms. The van der Waals surface area contributed by atoms with Gasteiger partial charge >= 0.3 is 5.97 Å². The van der Waals surface area contributed by atoms with Crippen LogP contribution < -0.4 is 0 Å². The van der Waals surface area contributed by atoms with Crippen molar-refractivity contribution in [1.29, 1.82) is 0 Å². The Morgan fingerprint density at radius 2 is 1.80 bits per heavy atom. The zero-order valence-corrected chi connectivity index (χ0v) is 9.78. The third kappa shape index (κ3) is 2.04. The molecule has 2 nitrogen and oxygen atoms in total. The monoisotopic (exact) mass is 210 g/mol. The van der Waals surface area contributed by atoms with Crippen molar-refractivity contribution in [2.75, 3.05) is 0 Å². The Bertz CT molecular complexity index is 249. The van der Waals surface area contributed by atoms with Gasteiger partial charge in [0.05, 0.1) is 5.92 Å². The van der Waals surface area contributed by atoms with Gasteiger partial charge in [-0.1, -0.05) is 20.3 Å². The molecule has 1 N–H and O–H groups in total. The minimum Gasteiger partial charge on any atom is -0.481 e. The van der Waals surface area contributed by atoms with Crippen LogP contribution in [0, 0.1) is 29.6 Å². The van der Waals surface area contributed by atoms with Crippen LogP contribution in [0.3, 0.4) is 0 Å². The molecule has 0 aromatic carbocycles. The fourth-order valence-electron chi connectivity index (χ4n) is 3.37. The Morgan fingerprint density at radius 1 is 1.07 bits per heavy atom. The number of hydrogen-bond acceptors (Lipinski definition) is 1. The van der Waals surface area contributed by atoms with Gasteiger partial charge in [0.1, 0.15) is 0 Å². The van der Waals surface area contributed by atoms with E-state index in [2.05, 4.69) is 13.8 Å². The van der Waals surface area contributed by atoms with E-state index in [-0.39, 0.29) is 5.92 Å². The zero-order valence-electron chi connectivity index (χ0n) is 9.78. The van der Waals surface area contributed by atoms with Crippen molar-refractivity contribution in [3.05, 3.63) is 0 Å². The first-order valence-corrected chi connectivity index (χ1v) is 6.32. The predicted molar refractivity (Wildman–Crippen MR) is 59.5 cm³/mol. The Hall–Kier alpha value is -0.530. The lowest BCUT2D eigenvalue weighted by Crippen LogP contribution is -2.40. The van der Waals surface area contributed by atoms with Crippen LogP contribution in [-0.4, -0.2) is 11.1 Å². The topological polar surface area (TPSA) is 37.3 Å². The highest BCUT2D eigenvalue weighted by atomic mass is 16.4. The largest absolute Gasteiger partial charge is 0.481 e. The molecule has 0 aromatic rings. The Kier molecular flexibility index (Phi) is 3.03. The van der Waals surface area contributed by atoms with Crippen LogP contribution in [0.4, 0.5) is 0 Å². The minimum atomic E-state index is -0.558. The highest BCUT2D eigenvalue weighted by Crippen LogP contribution is 2.47. The zero-order chi connectivity index (χ0) is 11.0. The first kappa shape index (κ1) is 11.0. The van der Waals surface area contributed by atoms with E-state index in [1.807, 2.05) is 0 Å². The Morgan fingerprint density at radius 3 is 2.27 bits per heavy atom. The van der Waals surface area contributed by atoms with E-state index >= 15 is 0 Å². The smallest absolute Gasteiger partial charge is 0.306 e. The summed E-state index contributed by atoms with van der Waals surface area (Å²) in [7, 11) is 0. The summed E-state index contributed by atoms with van der Waals surface area (Å²) in [4.78, 5) is 11.0. The second kappa shape index (κ2) is 4.15. The maximum Gasteiger partial charge on any atom is 0.306 e. The third-order valence-electron chi connectivity index (χ3n) is 4.89. The molecule has 0 saturated heterocycles. The van der Waals surface area contributed by atoms with Gasteiger partial charge in [-0.2, -0.15) is 0 Å². The van der Waals surface area contributed by atoms with Gasteiger partial charge in [0.2, 0.25) is 0 Å². The van der Waals surface area contributed by atoms with Gasteiger partial charge in [-0.3, -0.25) is 4.79 Å². The summed E-state index contributed by atoms with van der Waals surface area (Å²) in [6.07, 6.45) is 5.90. The number of carboxylic acid groups (broad SMARTS) is 1. The molecular weight excluding hydrogens is 188 g/mol. The molecule has 0 spiro atoms. The second-order valence-electron chi connectivity index (χ2n) is 5.71. The van der Waals surface area contributed by atoms with E-state index in [1.165, 1.54) is 19.3 Å². The Balaban J connectivity index is 1.92. The number of carboxylic acids is 1. The van der Waals surface area contributed by atoms with Gasteiger partial charge < -0.3 is 5.11 Å². The molecule has 0 heterocycles. The maximum atomic E-state index is 11.0. The quantitative estimate of drug-likeness (QED) is 0.760. The summed E-state index contributed by atoms with van der Waals surface area (Å²) in [6, 6.07) is 0. The van der Waals surface area contributed by atoms with Crippen LogP contribution in [0.25, 0.3) is 0 Å². The molecule has 86 valence electrons.